The lowest BCUT2D eigenvalue weighted by molar-refractivity contribution is 0.674. The molecule has 1 heterocycles. The van der Waals surface area contributed by atoms with Gasteiger partial charge in [-0.25, -0.2) is 0 Å². The van der Waals surface area contributed by atoms with E-state index in [9.17, 15) is 4.79 Å². The highest BCUT2D eigenvalue weighted by Crippen LogP contribution is 2.08. The minimum Gasteiger partial charge on any atom is -0.358 e. The normalized spacial score (nSPS) is 11.4. The van der Waals surface area contributed by atoms with Crippen LogP contribution >= 0.6 is 0 Å². The average Bonchev–Trinajstić information content (AvgIpc) is 2.46. The Balaban J connectivity index is 1.93. The third kappa shape index (κ3) is 4.09. The van der Waals surface area contributed by atoms with Gasteiger partial charge in [0.15, 0.2) is 5.43 Å². The van der Waals surface area contributed by atoms with Crippen molar-refractivity contribution in [3.05, 3.63) is 58.4 Å². The molecule has 0 radical (unpaired) electrons. The number of benzene rings is 1. The molecule has 20 heavy (non-hydrogen) atoms. The fourth-order valence-electron chi connectivity index (χ4n) is 2.38. The molecule has 0 bridgehead atoms. The third-order valence-electron chi connectivity index (χ3n) is 3.52. The zero-order valence-corrected chi connectivity index (χ0v) is 12.2. The van der Waals surface area contributed by atoms with Gasteiger partial charge in [0.1, 0.15) is 0 Å². The quantitative estimate of drug-likeness (QED) is 0.578. The number of rotatable bonds is 7. The summed E-state index contributed by atoms with van der Waals surface area (Å²) in [5.41, 5.74) is 2.01. The lowest BCUT2D eigenvalue weighted by Gasteiger charge is -2.01. The largest absolute Gasteiger partial charge is 0.358 e. The van der Waals surface area contributed by atoms with Crippen LogP contribution in [0.5, 0.6) is 0 Å². The minimum absolute atomic E-state index is 0.102. The Morgan fingerprint density at radius 3 is 2.80 bits per heavy atom. The van der Waals surface area contributed by atoms with Gasteiger partial charge in [-0.05, 0) is 25.0 Å². The highest BCUT2D eigenvalue weighted by atomic mass is 16.1. The van der Waals surface area contributed by atoms with E-state index in [0.717, 1.165) is 29.4 Å². The standard InChI is InChI=1S/C18H23NO/c1-2-3-4-5-6-7-8-11-15-14-18(20)16-12-9-10-13-17(16)19-15/h7-10,12-14H,2-6,11H2,1H3,(H,19,20). The average molecular weight is 269 g/mol. The van der Waals surface area contributed by atoms with Crippen molar-refractivity contribution in [3.8, 4) is 0 Å². The molecule has 0 amide bonds. The Hall–Kier alpha value is -1.83. The number of para-hydroxylation sites is 1. The molecule has 106 valence electrons. The second-order valence-corrected chi connectivity index (χ2v) is 5.23. The molecule has 0 fully saturated rings. The highest BCUT2D eigenvalue weighted by molar-refractivity contribution is 5.78. The number of aromatic nitrogens is 1. The number of fused-ring (bicyclic) bond motifs is 1. The van der Waals surface area contributed by atoms with E-state index in [1.807, 2.05) is 24.3 Å². The second-order valence-electron chi connectivity index (χ2n) is 5.23. The van der Waals surface area contributed by atoms with Gasteiger partial charge in [-0.2, -0.15) is 0 Å². The van der Waals surface area contributed by atoms with Crippen LogP contribution in [0.4, 0.5) is 0 Å². The molecule has 1 aromatic carbocycles. The zero-order valence-electron chi connectivity index (χ0n) is 12.2. The molecule has 0 aliphatic carbocycles. The van der Waals surface area contributed by atoms with Crippen LogP contribution in [0.25, 0.3) is 10.9 Å². The summed E-state index contributed by atoms with van der Waals surface area (Å²) in [4.78, 5) is 15.3. The summed E-state index contributed by atoms with van der Waals surface area (Å²) in [6.45, 7) is 2.23. The van der Waals surface area contributed by atoms with Gasteiger partial charge in [0, 0.05) is 29.1 Å². The monoisotopic (exact) mass is 269 g/mol. The van der Waals surface area contributed by atoms with Gasteiger partial charge in [0.05, 0.1) is 0 Å². The number of pyridine rings is 1. The molecule has 1 aromatic heterocycles. The van der Waals surface area contributed by atoms with Crippen LogP contribution in [0.2, 0.25) is 0 Å². The van der Waals surface area contributed by atoms with Gasteiger partial charge >= 0.3 is 0 Å². The predicted molar refractivity (Wildman–Crippen MR) is 86.2 cm³/mol. The molecule has 1 N–H and O–H groups in total. The topological polar surface area (TPSA) is 32.9 Å². The molecular formula is C18H23NO. The fraction of sp³-hybridized carbons (Fsp3) is 0.389. The van der Waals surface area contributed by atoms with Crippen LogP contribution in [0.3, 0.4) is 0 Å². The first-order chi connectivity index (χ1) is 9.81. The van der Waals surface area contributed by atoms with E-state index in [1.165, 1.54) is 25.7 Å². The van der Waals surface area contributed by atoms with Gasteiger partial charge in [-0.15, -0.1) is 0 Å². The maximum Gasteiger partial charge on any atom is 0.189 e. The first-order valence-corrected chi connectivity index (χ1v) is 7.57. The van der Waals surface area contributed by atoms with Crippen molar-refractivity contribution in [3.63, 3.8) is 0 Å². The molecule has 2 heteroatoms. The number of aromatic amines is 1. The van der Waals surface area contributed by atoms with E-state index in [2.05, 4.69) is 24.1 Å². The Bertz CT molecular complexity index is 625. The number of hydrogen-bond acceptors (Lipinski definition) is 1. The Kier molecular flexibility index (Phi) is 5.60. The van der Waals surface area contributed by atoms with Crippen LogP contribution in [-0.4, -0.2) is 4.98 Å². The molecule has 0 aliphatic heterocycles. The Morgan fingerprint density at radius 2 is 1.95 bits per heavy atom. The SMILES string of the molecule is CCCCCCC=CCc1cc(=O)c2ccccc2[nH]1. The second kappa shape index (κ2) is 7.68. The smallest absolute Gasteiger partial charge is 0.189 e. The van der Waals surface area contributed by atoms with Crippen molar-refractivity contribution >= 4 is 10.9 Å². The molecule has 0 spiro atoms. The summed E-state index contributed by atoms with van der Waals surface area (Å²) in [5, 5.41) is 0.764. The van der Waals surface area contributed by atoms with Gasteiger partial charge in [-0.1, -0.05) is 50.5 Å². The van der Waals surface area contributed by atoms with Crippen molar-refractivity contribution in [1.29, 1.82) is 0 Å². The van der Waals surface area contributed by atoms with E-state index in [0.29, 0.717) is 0 Å². The molecule has 0 unspecified atom stereocenters. The Labute approximate surface area is 120 Å². The van der Waals surface area contributed by atoms with Crippen LogP contribution in [0.1, 0.15) is 44.7 Å². The third-order valence-corrected chi connectivity index (χ3v) is 3.52. The summed E-state index contributed by atoms with van der Waals surface area (Å²) in [6.07, 6.45) is 11.5. The van der Waals surface area contributed by atoms with Crippen molar-refractivity contribution < 1.29 is 0 Å². The molecule has 2 aromatic rings. The van der Waals surface area contributed by atoms with Crippen molar-refractivity contribution in [2.45, 2.75) is 45.4 Å². The van der Waals surface area contributed by atoms with Gasteiger partial charge in [0.2, 0.25) is 0 Å². The van der Waals surface area contributed by atoms with E-state index in [-0.39, 0.29) is 5.43 Å². The number of nitrogens with one attached hydrogen (secondary N) is 1. The van der Waals surface area contributed by atoms with Gasteiger partial charge in [-0.3, -0.25) is 4.79 Å². The van der Waals surface area contributed by atoms with E-state index < -0.39 is 0 Å². The Morgan fingerprint density at radius 1 is 1.10 bits per heavy atom. The van der Waals surface area contributed by atoms with Crippen LogP contribution in [0, 0.1) is 0 Å². The first kappa shape index (κ1) is 14.6. The fourth-order valence-corrected chi connectivity index (χ4v) is 2.38. The van der Waals surface area contributed by atoms with Gasteiger partial charge in [0.25, 0.3) is 0 Å². The zero-order chi connectivity index (χ0) is 14.2. The number of hydrogen-bond donors (Lipinski definition) is 1. The van der Waals surface area contributed by atoms with E-state index in [1.54, 1.807) is 6.07 Å². The predicted octanol–water partition coefficient (Wildman–Crippen LogP) is 4.60. The van der Waals surface area contributed by atoms with Crippen LogP contribution < -0.4 is 5.43 Å². The summed E-state index contributed by atoms with van der Waals surface area (Å²) in [7, 11) is 0. The number of unbranched alkanes of at least 4 members (excludes halogenated alkanes) is 4. The lowest BCUT2D eigenvalue weighted by Crippen LogP contribution is -2.04. The molecule has 0 saturated carbocycles. The summed E-state index contributed by atoms with van der Waals surface area (Å²) in [6, 6.07) is 9.37. The first-order valence-electron chi connectivity index (χ1n) is 7.57. The molecule has 0 saturated heterocycles. The van der Waals surface area contributed by atoms with Crippen molar-refractivity contribution in [1.82, 2.24) is 4.98 Å². The summed E-state index contributed by atoms with van der Waals surface area (Å²) < 4.78 is 0. The number of allylic oxidation sites excluding steroid dienone is 2. The van der Waals surface area contributed by atoms with Crippen LogP contribution in [0.15, 0.2) is 47.3 Å². The van der Waals surface area contributed by atoms with E-state index >= 15 is 0 Å². The lowest BCUT2D eigenvalue weighted by atomic mass is 10.1. The van der Waals surface area contributed by atoms with E-state index in [4.69, 9.17) is 0 Å². The maximum atomic E-state index is 12.0. The minimum atomic E-state index is 0.102. The van der Waals surface area contributed by atoms with Gasteiger partial charge < -0.3 is 4.98 Å². The van der Waals surface area contributed by atoms with Crippen molar-refractivity contribution in [2.75, 3.05) is 0 Å². The molecule has 2 rings (SSSR count). The van der Waals surface area contributed by atoms with Crippen LogP contribution in [-0.2, 0) is 6.42 Å². The molecule has 0 atom stereocenters. The molecule has 0 aliphatic rings. The maximum absolute atomic E-state index is 12.0. The molecule has 2 nitrogen and oxygen atoms in total. The summed E-state index contributed by atoms with van der Waals surface area (Å²) in [5.74, 6) is 0. The van der Waals surface area contributed by atoms with Crippen molar-refractivity contribution in [2.24, 2.45) is 0 Å². The number of H-pyrrole nitrogens is 1. The highest BCUT2D eigenvalue weighted by Gasteiger charge is 1.99. The summed E-state index contributed by atoms with van der Waals surface area (Å²) >= 11 is 0. The molecular weight excluding hydrogens is 246 g/mol.